The third-order valence-corrected chi connectivity index (χ3v) is 3.55. The number of aromatic nitrogens is 2. The van der Waals surface area contributed by atoms with Crippen LogP contribution in [0, 0.1) is 6.92 Å². The van der Waals surface area contributed by atoms with Crippen LogP contribution in [0.1, 0.15) is 32.6 Å². The van der Waals surface area contributed by atoms with E-state index in [0.29, 0.717) is 11.5 Å². The maximum atomic E-state index is 8.06. The van der Waals surface area contributed by atoms with Crippen LogP contribution < -0.4 is 4.57 Å². The van der Waals surface area contributed by atoms with Crippen LogP contribution in [0.15, 0.2) is 40.8 Å². The zero-order chi connectivity index (χ0) is 15.2. The minimum absolute atomic E-state index is 0.440. The van der Waals surface area contributed by atoms with Gasteiger partial charge in [0, 0.05) is 6.93 Å². The molecule has 0 saturated carbocycles. The minimum Gasteiger partial charge on any atom is -0.414 e. The van der Waals surface area contributed by atoms with E-state index in [1.807, 2.05) is 35.9 Å². The molecule has 20 heavy (non-hydrogen) atoms. The number of hydrogen-bond donors (Lipinski definition) is 0. The van der Waals surface area contributed by atoms with Crippen molar-refractivity contribution < 1.29 is 10.4 Å². The van der Waals surface area contributed by atoms with Crippen LogP contribution in [-0.2, 0) is 7.05 Å². The normalized spacial score (nSPS) is 12.7. The Balaban J connectivity index is 2.24. The first-order chi connectivity index (χ1) is 9.88. The SMILES string of the molecule is [2H]C(C)(C)c1nc2c(ccc(-c3ccccc3C)[n+]2C)o1. The van der Waals surface area contributed by atoms with Crippen molar-refractivity contribution in [1.29, 1.82) is 0 Å². The van der Waals surface area contributed by atoms with Crippen molar-refractivity contribution in [1.82, 2.24) is 4.98 Å². The molecule has 0 atom stereocenters. The predicted molar refractivity (Wildman–Crippen MR) is 79.4 cm³/mol. The smallest absolute Gasteiger partial charge is 0.370 e. The Labute approximate surface area is 120 Å². The van der Waals surface area contributed by atoms with E-state index in [9.17, 15) is 0 Å². The van der Waals surface area contributed by atoms with Crippen molar-refractivity contribution in [2.24, 2.45) is 7.05 Å². The fourth-order valence-corrected chi connectivity index (χ4v) is 2.40. The summed E-state index contributed by atoms with van der Waals surface area (Å²) in [4.78, 5) is 4.51. The van der Waals surface area contributed by atoms with Gasteiger partial charge >= 0.3 is 11.5 Å². The molecule has 0 bridgehead atoms. The van der Waals surface area contributed by atoms with Crippen LogP contribution in [0.3, 0.4) is 0 Å². The van der Waals surface area contributed by atoms with Gasteiger partial charge in [-0.05, 0) is 29.6 Å². The summed E-state index contributed by atoms with van der Waals surface area (Å²) in [5.41, 5.74) is 4.97. The third-order valence-electron chi connectivity index (χ3n) is 3.55. The highest BCUT2D eigenvalue weighted by Crippen LogP contribution is 2.24. The van der Waals surface area contributed by atoms with Crippen LogP contribution in [0.2, 0.25) is 0 Å². The quantitative estimate of drug-likeness (QED) is 0.662. The first-order valence-electron chi connectivity index (χ1n) is 7.24. The molecule has 0 amide bonds. The van der Waals surface area contributed by atoms with Crippen LogP contribution >= 0.6 is 0 Å². The van der Waals surface area contributed by atoms with Crippen molar-refractivity contribution in [2.75, 3.05) is 0 Å². The molecule has 0 aliphatic heterocycles. The molecule has 3 heteroatoms. The van der Waals surface area contributed by atoms with E-state index < -0.39 is 5.89 Å². The largest absolute Gasteiger partial charge is 0.414 e. The highest BCUT2D eigenvalue weighted by atomic mass is 16.3. The van der Waals surface area contributed by atoms with Gasteiger partial charge in [-0.25, -0.2) is 4.57 Å². The number of benzene rings is 1. The lowest BCUT2D eigenvalue weighted by atomic mass is 10.1. The van der Waals surface area contributed by atoms with Gasteiger partial charge < -0.3 is 4.42 Å². The minimum atomic E-state index is -0.838. The lowest BCUT2D eigenvalue weighted by Crippen LogP contribution is -2.32. The summed E-state index contributed by atoms with van der Waals surface area (Å²) in [6.45, 7) is 5.65. The number of aryl methyl sites for hydroxylation is 2. The van der Waals surface area contributed by atoms with Crippen molar-refractivity contribution in [2.45, 2.75) is 26.7 Å². The van der Waals surface area contributed by atoms with Gasteiger partial charge in [0.2, 0.25) is 5.58 Å². The molecule has 0 radical (unpaired) electrons. The maximum absolute atomic E-state index is 8.06. The number of oxazole rings is 1. The second-order valence-corrected chi connectivity index (χ2v) is 5.30. The average Bonchev–Trinajstić information content (AvgIpc) is 2.85. The molecule has 3 nitrogen and oxygen atoms in total. The van der Waals surface area contributed by atoms with Crippen molar-refractivity contribution in [3.8, 4) is 11.3 Å². The summed E-state index contributed by atoms with van der Waals surface area (Å²) < 4.78 is 15.8. The summed E-state index contributed by atoms with van der Waals surface area (Å²) >= 11 is 0. The van der Waals surface area contributed by atoms with E-state index in [1.165, 1.54) is 11.1 Å². The zero-order valence-corrected chi connectivity index (χ0v) is 12.3. The molecule has 0 aliphatic rings. The standard InChI is InChI=1S/C17H19N2O/c1-11(2)17-18-16-15(20-17)10-9-14(19(16)4)13-8-6-5-7-12(13)3/h5-11H,1-4H3/q+1/i11D. The molecule has 0 unspecified atom stereocenters. The fourth-order valence-electron chi connectivity index (χ4n) is 2.40. The van der Waals surface area contributed by atoms with E-state index in [4.69, 9.17) is 5.79 Å². The molecule has 2 heterocycles. The van der Waals surface area contributed by atoms with Crippen LogP contribution in [0.5, 0.6) is 0 Å². The summed E-state index contributed by atoms with van der Waals surface area (Å²) in [6, 6.07) is 12.2. The van der Waals surface area contributed by atoms with Gasteiger partial charge in [-0.2, -0.15) is 0 Å². The van der Waals surface area contributed by atoms with Gasteiger partial charge in [0.25, 0.3) is 0 Å². The van der Waals surface area contributed by atoms with Gasteiger partial charge in [0.15, 0.2) is 0 Å². The number of nitrogens with zero attached hydrogens (tertiary/aromatic N) is 2. The molecule has 102 valence electrons. The van der Waals surface area contributed by atoms with Gasteiger partial charge in [-0.1, -0.05) is 38.1 Å². The number of hydrogen-bond acceptors (Lipinski definition) is 2. The summed E-state index contributed by atoms with van der Waals surface area (Å²) in [5.74, 6) is -0.399. The lowest BCUT2D eigenvalue weighted by Gasteiger charge is -2.05. The summed E-state index contributed by atoms with van der Waals surface area (Å²) in [5, 5.41) is 0. The third kappa shape index (κ3) is 1.99. The van der Waals surface area contributed by atoms with E-state index in [-0.39, 0.29) is 0 Å². The molecule has 3 aromatic rings. The highest BCUT2D eigenvalue weighted by molar-refractivity contribution is 5.69. The van der Waals surface area contributed by atoms with Crippen LogP contribution in [-0.4, -0.2) is 4.98 Å². The molecule has 3 rings (SSSR count). The van der Waals surface area contributed by atoms with E-state index in [2.05, 4.69) is 24.0 Å². The predicted octanol–water partition coefficient (Wildman–Crippen LogP) is 3.75. The Morgan fingerprint density at radius 2 is 1.95 bits per heavy atom. The number of fused-ring (bicyclic) bond motifs is 1. The van der Waals surface area contributed by atoms with Crippen molar-refractivity contribution in [3.63, 3.8) is 0 Å². The molecule has 0 N–H and O–H groups in total. The second kappa shape index (κ2) is 4.75. The molecule has 0 aliphatic carbocycles. The second-order valence-electron chi connectivity index (χ2n) is 5.30. The van der Waals surface area contributed by atoms with Gasteiger partial charge in [-0.3, -0.25) is 0 Å². The van der Waals surface area contributed by atoms with E-state index >= 15 is 0 Å². The topological polar surface area (TPSA) is 29.9 Å². The Kier molecular flexibility index (Phi) is 2.76. The number of rotatable bonds is 2. The fraction of sp³-hybridized carbons (Fsp3) is 0.294. The van der Waals surface area contributed by atoms with Crippen LogP contribution in [0.4, 0.5) is 0 Å². The Morgan fingerprint density at radius 3 is 2.65 bits per heavy atom. The van der Waals surface area contributed by atoms with Gasteiger partial charge in [-0.15, -0.1) is 0 Å². The Bertz CT molecular complexity index is 815. The van der Waals surface area contributed by atoms with Crippen LogP contribution in [0.25, 0.3) is 22.5 Å². The first kappa shape index (κ1) is 11.6. The summed E-state index contributed by atoms with van der Waals surface area (Å²) in [6.07, 6.45) is 0. The zero-order valence-electron chi connectivity index (χ0n) is 13.3. The van der Waals surface area contributed by atoms with E-state index in [0.717, 1.165) is 11.3 Å². The van der Waals surface area contributed by atoms with Crippen molar-refractivity contribution in [3.05, 3.63) is 47.9 Å². The Hall–Kier alpha value is -2.16. The first-order valence-corrected chi connectivity index (χ1v) is 6.74. The van der Waals surface area contributed by atoms with E-state index in [1.54, 1.807) is 13.8 Å². The maximum Gasteiger partial charge on any atom is 0.370 e. The average molecular weight is 268 g/mol. The molecule has 0 fully saturated rings. The molecular formula is C17H19N2O+. The van der Waals surface area contributed by atoms with Gasteiger partial charge in [0.05, 0.1) is 12.9 Å². The molecule has 2 aromatic heterocycles. The van der Waals surface area contributed by atoms with Crippen molar-refractivity contribution >= 4 is 11.2 Å². The van der Waals surface area contributed by atoms with Gasteiger partial charge in [0.1, 0.15) is 5.69 Å². The highest BCUT2D eigenvalue weighted by Gasteiger charge is 2.22. The lowest BCUT2D eigenvalue weighted by molar-refractivity contribution is -0.635. The number of pyridine rings is 1. The summed E-state index contributed by atoms with van der Waals surface area (Å²) in [7, 11) is 1.98. The molecular weight excluding hydrogens is 248 g/mol. The molecule has 0 spiro atoms. The Morgan fingerprint density at radius 1 is 1.20 bits per heavy atom. The molecule has 1 aromatic carbocycles. The monoisotopic (exact) mass is 268 g/mol. The molecule has 0 saturated heterocycles.